The van der Waals surface area contributed by atoms with E-state index in [0.29, 0.717) is 32.2 Å². The van der Waals surface area contributed by atoms with Crippen LogP contribution in [-0.4, -0.2) is 61.3 Å². The number of para-hydroxylation sites is 1. The SMILES string of the molecule is Cc1ccnc(OCC2CN(CC(=O)N3CCc4ccccc43)CCO2)c1. The van der Waals surface area contributed by atoms with Gasteiger partial charge in [0, 0.05) is 37.6 Å². The number of carbonyl (C=O) groups is 1. The van der Waals surface area contributed by atoms with Gasteiger partial charge in [-0.2, -0.15) is 0 Å². The third-order valence-corrected chi connectivity index (χ3v) is 5.08. The van der Waals surface area contributed by atoms with E-state index < -0.39 is 0 Å². The highest BCUT2D eigenvalue weighted by Gasteiger charge is 2.28. The van der Waals surface area contributed by atoms with Gasteiger partial charge >= 0.3 is 0 Å². The van der Waals surface area contributed by atoms with Crippen LogP contribution in [0.5, 0.6) is 5.88 Å². The van der Waals surface area contributed by atoms with Gasteiger partial charge in [-0.1, -0.05) is 18.2 Å². The van der Waals surface area contributed by atoms with Gasteiger partial charge < -0.3 is 14.4 Å². The molecule has 0 N–H and O–H groups in total. The van der Waals surface area contributed by atoms with Crippen LogP contribution in [0.3, 0.4) is 0 Å². The summed E-state index contributed by atoms with van der Waals surface area (Å²) >= 11 is 0. The summed E-state index contributed by atoms with van der Waals surface area (Å²) in [7, 11) is 0. The topological polar surface area (TPSA) is 54.9 Å². The summed E-state index contributed by atoms with van der Waals surface area (Å²) in [6.07, 6.45) is 2.62. The van der Waals surface area contributed by atoms with Crippen LogP contribution in [0.25, 0.3) is 0 Å². The second kappa shape index (κ2) is 8.06. The van der Waals surface area contributed by atoms with Crippen LogP contribution in [0.15, 0.2) is 42.6 Å². The number of hydrogen-bond donors (Lipinski definition) is 0. The standard InChI is InChI=1S/C21H25N3O3/c1-16-6-8-22-20(12-16)27-15-18-13-23(10-11-26-18)14-21(25)24-9-7-17-4-2-3-5-19(17)24/h2-6,8,12,18H,7,9-11,13-15H2,1H3. The molecule has 0 spiro atoms. The number of morpholine rings is 1. The maximum absolute atomic E-state index is 12.8. The average molecular weight is 367 g/mol. The second-order valence-electron chi connectivity index (χ2n) is 7.13. The molecule has 1 saturated heterocycles. The number of carbonyl (C=O) groups excluding carboxylic acids is 1. The monoisotopic (exact) mass is 367 g/mol. The summed E-state index contributed by atoms with van der Waals surface area (Å²) in [5.74, 6) is 0.766. The Hall–Kier alpha value is -2.44. The molecule has 1 amide bonds. The zero-order valence-electron chi connectivity index (χ0n) is 15.6. The zero-order chi connectivity index (χ0) is 18.6. The molecule has 0 saturated carbocycles. The second-order valence-corrected chi connectivity index (χ2v) is 7.13. The van der Waals surface area contributed by atoms with E-state index in [4.69, 9.17) is 9.47 Å². The molecule has 3 heterocycles. The Morgan fingerprint density at radius 1 is 1.30 bits per heavy atom. The van der Waals surface area contributed by atoms with Crippen molar-refractivity contribution >= 4 is 11.6 Å². The van der Waals surface area contributed by atoms with Crippen LogP contribution in [0.2, 0.25) is 0 Å². The van der Waals surface area contributed by atoms with Gasteiger partial charge in [0.25, 0.3) is 0 Å². The lowest BCUT2D eigenvalue weighted by atomic mass is 10.2. The van der Waals surface area contributed by atoms with Crippen molar-refractivity contribution in [3.05, 3.63) is 53.7 Å². The van der Waals surface area contributed by atoms with Crippen molar-refractivity contribution in [3.63, 3.8) is 0 Å². The van der Waals surface area contributed by atoms with E-state index in [1.807, 2.05) is 42.2 Å². The van der Waals surface area contributed by atoms with E-state index >= 15 is 0 Å². The fourth-order valence-electron chi connectivity index (χ4n) is 3.66. The third-order valence-electron chi connectivity index (χ3n) is 5.08. The molecule has 142 valence electrons. The number of aryl methyl sites for hydroxylation is 1. The highest BCUT2D eigenvalue weighted by Crippen LogP contribution is 2.27. The van der Waals surface area contributed by atoms with Crippen molar-refractivity contribution < 1.29 is 14.3 Å². The Morgan fingerprint density at radius 2 is 2.19 bits per heavy atom. The van der Waals surface area contributed by atoms with Gasteiger partial charge in [-0.05, 0) is 36.6 Å². The first-order valence-corrected chi connectivity index (χ1v) is 9.47. The van der Waals surface area contributed by atoms with E-state index in [1.165, 1.54) is 5.56 Å². The summed E-state index contributed by atoms with van der Waals surface area (Å²) in [6, 6.07) is 12.0. The maximum atomic E-state index is 12.8. The largest absolute Gasteiger partial charge is 0.475 e. The maximum Gasteiger partial charge on any atom is 0.241 e. The number of anilines is 1. The number of rotatable bonds is 5. The smallest absolute Gasteiger partial charge is 0.241 e. The molecular weight excluding hydrogens is 342 g/mol. The summed E-state index contributed by atoms with van der Waals surface area (Å²) < 4.78 is 11.6. The van der Waals surface area contributed by atoms with Gasteiger partial charge in [0.05, 0.1) is 13.2 Å². The number of ether oxygens (including phenoxy) is 2. The van der Waals surface area contributed by atoms with Crippen molar-refractivity contribution in [3.8, 4) is 5.88 Å². The van der Waals surface area contributed by atoms with Crippen LogP contribution < -0.4 is 9.64 Å². The fraction of sp³-hybridized carbons (Fsp3) is 0.429. The van der Waals surface area contributed by atoms with Gasteiger partial charge in [0.1, 0.15) is 12.7 Å². The van der Waals surface area contributed by atoms with E-state index in [-0.39, 0.29) is 12.0 Å². The number of hydrogen-bond acceptors (Lipinski definition) is 5. The summed E-state index contributed by atoms with van der Waals surface area (Å²) in [6.45, 7) is 5.70. The van der Waals surface area contributed by atoms with E-state index in [1.54, 1.807) is 6.20 Å². The van der Waals surface area contributed by atoms with Crippen molar-refractivity contribution in [2.24, 2.45) is 0 Å². The fourth-order valence-corrected chi connectivity index (χ4v) is 3.66. The number of amides is 1. The Morgan fingerprint density at radius 3 is 3.07 bits per heavy atom. The molecular formula is C21H25N3O3. The van der Waals surface area contributed by atoms with Gasteiger partial charge in [-0.25, -0.2) is 4.98 Å². The van der Waals surface area contributed by atoms with E-state index in [9.17, 15) is 4.79 Å². The molecule has 2 aliphatic rings. The molecule has 0 aliphatic carbocycles. The number of fused-ring (bicyclic) bond motifs is 1. The summed E-state index contributed by atoms with van der Waals surface area (Å²) in [5, 5.41) is 0. The van der Waals surface area contributed by atoms with Crippen molar-refractivity contribution in [1.29, 1.82) is 0 Å². The highest BCUT2D eigenvalue weighted by molar-refractivity contribution is 5.96. The molecule has 6 heteroatoms. The van der Waals surface area contributed by atoms with E-state index in [0.717, 1.165) is 30.8 Å². The lowest BCUT2D eigenvalue weighted by molar-refractivity contribution is -0.122. The van der Waals surface area contributed by atoms with Crippen LogP contribution in [0.1, 0.15) is 11.1 Å². The molecule has 1 aromatic carbocycles. The van der Waals surface area contributed by atoms with Crippen LogP contribution in [0, 0.1) is 6.92 Å². The minimum absolute atomic E-state index is 0.0558. The molecule has 1 fully saturated rings. The summed E-state index contributed by atoms with van der Waals surface area (Å²) in [4.78, 5) is 21.1. The minimum atomic E-state index is -0.0558. The van der Waals surface area contributed by atoms with Crippen molar-refractivity contribution in [2.45, 2.75) is 19.4 Å². The van der Waals surface area contributed by atoms with Gasteiger partial charge in [0.15, 0.2) is 0 Å². The Labute approximate surface area is 159 Å². The predicted molar refractivity (Wildman–Crippen MR) is 103 cm³/mol. The molecule has 1 aromatic heterocycles. The average Bonchev–Trinajstić information content (AvgIpc) is 3.11. The Kier molecular flexibility index (Phi) is 5.36. The summed E-state index contributed by atoms with van der Waals surface area (Å²) in [5.41, 5.74) is 3.42. The van der Waals surface area contributed by atoms with Crippen LogP contribution in [-0.2, 0) is 16.0 Å². The lowest BCUT2D eigenvalue weighted by Crippen LogP contribution is -2.49. The van der Waals surface area contributed by atoms with E-state index in [2.05, 4.69) is 16.0 Å². The minimum Gasteiger partial charge on any atom is -0.475 e. The molecule has 0 bridgehead atoms. The number of nitrogens with zero attached hydrogens (tertiary/aromatic N) is 3. The van der Waals surface area contributed by atoms with Crippen LogP contribution >= 0.6 is 0 Å². The van der Waals surface area contributed by atoms with Crippen molar-refractivity contribution in [2.75, 3.05) is 44.3 Å². The lowest BCUT2D eigenvalue weighted by Gasteiger charge is -2.33. The first kappa shape index (κ1) is 17.9. The highest BCUT2D eigenvalue weighted by atomic mass is 16.5. The number of benzene rings is 1. The Balaban J connectivity index is 1.30. The quantitative estimate of drug-likeness (QED) is 0.810. The van der Waals surface area contributed by atoms with Crippen LogP contribution in [0.4, 0.5) is 5.69 Å². The third kappa shape index (κ3) is 4.28. The first-order valence-electron chi connectivity index (χ1n) is 9.47. The molecule has 1 atom stereocenters. The predicted octanol–water partition coefficient (Wildman–Crippen LogP) is 2.06. The first-order chi connectivity index (χ1) is 13.2. The molecule has 2 aliphatic heterocycles. The molecule has 6 nitrogen and oxygen atoms in total. The molecule has 4 rings (SSSR count). The molecule has 1 unspecified atom stereocenters. The molecule has 2 aromatic rings. The van der Waals surface area contributed by atoms with Gasteiger partial charge in [-0.3, -0.25) is 9.69 Å². The van der Waals surface area contributed by atoms with Gasteiger partial charge in [-0.15, -0.1) is 0 Å². The van der Waals surface area contributed by atoms with Gasteiger partial charge in [0.2, 0.25) is 11.8 Å². The number of pyridine rings is 1. The molecule has 27 heavy (non-hydrogen) atoms. The molecule has 0 radical (unpaired) electrons. The normalized spacial score (nSPS) is 19.7. The Bertz CT molecular complexity index is 811. The van der Waals surface area contributed by atoms with Crippen molar-refractivity contribution in [1.82, 2.24) is 9.88 Å². The zero-order valence-corrected chi connectivity index (χ0v) is 15.6. The number of aromatic nitrogens is 1.